The lowest BCUT2D eigenvalue weighted by atomic mass is 9.43. The van der Waals surface area contributed by atoms with Gasteiger partial charge in [-0.1, -0.05) is 60.7 Å². The van der Waals surface area contributed by atoms with Gasteiger partial charge in [0.05, 0.1) is 72.6 Å². The van der Waals surface area contributed by atoms with Crippen LogP contribution in [0.1, 0.15) is 167 Å². The summed E-state index contributed by atoms with van der Waals surface area (Å²) in [4.78, 5) is 90.0. The summed E-state index contributed by atoms with van der Waals surface area (Å²) in [5, 5.41) is 107. The maximum absolute atomic E-state index is 12.7. The number of nitro groups is 6. The van der Waals surface area contributed by atoms with Crippen molar-refractivity contribution in [3.63, 3.8) is 0 Å². The average Bonchev–Trinajstić information content (AvgIpc) is 1.41. The van der Waals surface area contributed by atoms with Gasteiger partial charge in [-0.2, -0.15) is 0 Å². The van der Waals surface area contributed by atoms with Gasteiger partial charge < -0.3 is 4.74 Å². The molecule has 143 heavy (non-hydrogen) atoms. The maximum atomic E-state index is 12.7. The van der Waals surface area contributed by atoms with E-state index in [-0.39, 0.29) is 78.3 Å². The zero-order chi connectivity index (χ0) is 94.7. The van der Waals surface area contributed by atoms with Crippen molar-refractivity contribution in [2.45, 2.75) is 119 Å². The molecule has 0 aromatic heterocycles. The van der Waals surface area contributed by atoms with Crippen LogP contribution < -0.4 is 0 Å². The Hall–Kier alpha value is -14.1. The van der Waals surface area contributed by atoms with E-state index in [1.807, 2.05) is 0 Å². The van der Waals surface area contributed by atoms with Crippen molar-refractivity contribution in [1.29, 1.82) is 5.26 Å². The topological polar surface area (TPSA) is 330 Å². The molecule has 24 aliphatic carbocycles. The van der Waals surface area contributed by atoms with Crippen LogP contribution in [-0.4, -0.2) is 48.4 Å². The van der Waals surface area contributed by atoms with Crippen molar-refractivity contribution in [2.24, 2.45) is 178 Å². The summed E-state index contributed by atoms with van der Waals surface area (Å²) in [7, 11) is 1.53. The van der Waals surface area contributed by atoms with E-state index in [9.17, 15) is 75.5 Å². The molecular weight excluding hydrogens is 1790 g/mol. The third-order valence-electron chi connectivity index (χ3n) is 47.4. The number of rotatable bonds is 11. The molecule has 0 N–H and O–H groups in total. The van der Waals surface area contributed by atoms with Gasteiger partial charge in [0.25, 0.3) is 39.8 Å². The minimum absolute atomic E-state index is 0.0260. The fourth-order valence-corrected chi connectivity index (χ4v) is 46.2. The standard InChI is InChI=1S/C51H26O2.C40H50.C16H5N5O6.C13H5N3O7/c1-53-27(52)8-5-9-50(25-6-3-2-4-7-25)49-26-16-23-14-20-12-21-11-18-10-19-13-22-15-24-17-51(49,50)48-34(24)39-33(22)38-29(19)28(18)36-32(21)37-30(20)31(23)40-35(26)47(48)46-44(39)42(38)41(36)43(37)45(40)46;1-2-12-14-5-6-16-18-9-10-20-19-8-7-17-15-4-3-13-11(1)21-22(12)32-24(14)26(16)34-29(18)30(20)35-28(19)27(17)33-25(15)23(13)31(21)36-37(32)39(34)40(35)38(33)36;1-18-13(7-17)15-11-4-8(19(22)23)2-3-10(11)16-12(15)5-9(20(24)25)6-14(16)21(26)27;17-13-9-3-6(14(18)19)1-2-8(9)12-10(13)4-7(15(20)21)5-11(12)16(22)23/h2-4,6-7,11,13-14,16-17,49H,5,8-10,12,15H2,1H3;11-40H,1-10H2;2-6H;1-5H/b;;15-13+;. The molecule has 17 fully saturated rings. The maximum Gasteiger partial charge on any atom is 0.305 e. The lowest BCUT2D eigenvalue weighted by Gasteiger charge is -2.61. The number of ether oxygens (including phenoxy) is 1. The molecule has 0 saturated heterocycles. The predicted octanol–water partition coefficient (Wildman–Crippen LogP) is 25.5. The van der Waals surface area contributed by atoms with Crippen LogP contribution in [0.3, 0.4) is 0 Å². The number of carbonyl (C=O) groups is 2. The second-order valence-corrected chi connectivity index (χ2v) is 49.4. The number of nitro benzene ring substituents is 6. The number of carbonyl (C=O) groups excluding carboxylic acids is 2. The summed E-state index contributed by atoms with van der Waals surface area (Å²) >= 11 is 0. The summed E-state index contributed by atoms with van der Waals surface area (Å²) in [5.74, 6) is 37.3. The van der Waals surface area contributed by atoms with E-state index in [2.05, 4.69) is 65.5 Å². The molecule has 40 rings (SSSR count). The summed E-state index contributed by atoms with van der Waals surface area (Å²) in [5.41, 5.74) is 11.7. The number of nitriles is 1. The Kier molecular flexibility index (Phi) is 13.1. The summed E-state index contributed by atoms with van der Waals surface area (Å²) in [6.07, 6.45) is 25.4. The first-order valence-electron chi connectivity index (χ1n) is 52.9. The number of nitrogens with zero attached hydrogens (tertiary/aromatic N) is 8. The minimum atomic E-state index is -0.841. The molecule has 16 aromatic carbocycles. The van der Waals surface area contributed by atoms with Crippen LogP contribution in [0, 0.1) is 256 Å². The molecule has 23 atom stereocenters. The van der Waals surface area contributed by atoms with Crippen LogP contribution in [0.4, 0.5) is 34.1 Å². The van der Waals surface area contributed by atoms with Gasteiger partial charge in [-0.25, -0.2) is 10.1 Å². The van der Waals surface area contributed by atoms with Crippen molar-refractivity contribution in [3.8, 4) is 28.3 Å². The highest BCUT2D eigenvalue weighted by molar-refractivity contribution is 6.64. The van der Waals surface area contributed by atoms with Gasteiger partial charge in [0, 0.05) is 81.8 Å². The molecule has 0 amide bonds. The summed E-state index contributed by atoms with van der Waals surface area (Å²) in [6.45, 7) is 7.17. The SMILES string of the molecule is C1CC2C3CCC4C5CCC6C7CCC8C9CCC%10C1C1C2C2C3C4C3C5C6C4C7C8C5C9C%10C1C1C2C3C4C51.COC(=O)CCCC1(c2ccccc2)C2c3cc4cc5c6c4c4c3c3c7c8c9c%10c(cc%11c%12c%13c(cc(c%14c%13c%13c(c%12%10)c9c3c4c%13c6%14)C5)C%11)CC8=CC721.O=C1c2cc([N+](=O)[O-])ccc2-c2c1cc([N+](=O)[O-])cc2[N+](=O)[O-].[C-]#[N+]/C(C#N)=C1\c2cc([N+](=O)[O-])ccc2-c2c1cc([N+](=O)[O-])cc2[N+](=O)[O-]. The Balaban J connectivity index is 0.0000000834. The van der Waals surface area contributed by atoms with Crippen LogP contribution in [0.15, 0.2) is 127 Å². The Bertz CT molecular complexity index is 8940. The number of benzene rings is 12. The number of hydrogen-bond donors (Lipinski definition) is 0. The number of allylic oxidation sites excluding steroid dienone is 3. The fraction of sp³-hybridized carbons (Fsp3) is 0.417. The van der Waals surface area contributed by atoms with Gasteiger partial charge >= 0.3 is 5.97 Å². The number of non-ortho nitro benzene ring substituents is 4. The first kappa shape index (κ1) is 77.6. The van der Waals surface area contributed by atoms with Gasteiger partial charge in [-0.3, -0.25) is 70.3 Å². The third kappa shape index (κ3) is 7.80. The van der Waals surface area contributed by atoms with Gasteiger partial charge in [0.2, 0.25) is 0 Å². The molecule has 24 aliphatic rings. The Morgan fingerprint density at radius 2 is 0.769 bits per heavy atom. The smallest absolute Gasteiger partial charge is 0.305 e. The zero-order valence-corrected chi connectivity index (χ0v) is 77.5. The lowest BCUT2D eigenvalue weighted by Crippen LogP contribution is -2.58. The van der Waals surface area contributed by atoms with Crippen LogP contribution in [0.5, 0.6) is 0 Å². The number of methoxy groups -OCH3 is 1. The number of ketones is 1. The highest BCUT2D eigenvalue weighted by Crippen LogP contribution is 2.94. The fourth-order valence-electron chi connectivity index (χ4n) is 46.2. The van der Waals surface area contributed by atoms with E-state index in [1.165, 1.54) is 208 Å². The molecule has 0 radical (unpaired) electrons. The molecule has 696 valence electrons. The molecule has 0 bridgehead atoms. The molecule has 0 aliphatic heterocycles. The average molecular weight is 1880 g/mol. The van der Waals surface area contributed by atoms with E-state index in [0.29, 0.717) is 12.3 Å². The van der Waals surface area contributed by atoms with Crippen LogP contribution in [-0.2, 0) is 39.6 Å². The van der Waals surface area contributed by atoms with Crippen molar-refractivity contribution < 1.29 is 43.9 Å². The second-order valence-electron chi connectivity index (χ2n) is 49.4. The van der Waals surface area contributed by atoms with Gasteiger partial charge in [-0.15, -0.1) is 0 Å². The quantitative estimate of drug-likeness (QED) is 0.0290. The number of esters is 1. The first-order chi connectivity index (χ1) is 69.7. The highest BCUT2D eigenvalue weighted by atomic mass is 16.6. The summed E-state index contributed by atoms with van der Waals surface area (Å²) < 4.78 is 5.22. The molecule has 16 aromatic rings. The highest BCUT2D eigenvalue weighted by Gasteiger charge is 2.89. The molecular formula is C120H86N8O15. The van der Waals surface area contributed by atoms with Crippen LogP contribution in [0.2, 0.25) is 0 Å². The monoisotopic (exact) mass is 1880 g/mol. The van der Waals surface area contributed by atoms with Crippen LogP contribution in [0.25, 0.3) is 146 Å². The molecule has 23 unspecified atom stereocenters. The Morgan fingerprint density at radius 3 is 1.22 bits per heavy atom. The first-order valence-corrected chi connectivity index (χ1v) is 52.9. The van der Waals surface area contributed by atoms with Gasteiger partial charge in [-0.05, 0) is 466 Å². The van der Waals surface area contributed by atoms with E-state index in [0.717, 1.165) is 80.6 Å². The van der Waals surface area contributed by atoms with Gasteiger partial charge in [0.15, 0.2) is 5.78 Å². The number of fused-ring (bicyclic) bond motifs is 12. The van der Waals surface area contributed by atoms with Crippen molar-refractivity contribution in [1.82, 2.24) is 0 Å². The van der Waals surface area contributed by atoms with E-state index in [1.54, 1.807) is 223 Å². The molecule has 17 saturated carbocycles. The molecule has 0 heterocycles. The predicted molar refractivity (Wildman–Crippen MR) is 532 cm³/mol. The molecule has 1 spiro atoms. The molecule has 23 heteroatoms. The third-order valence-corrected chi connectivity index (χ3v) is 47.4. The lowest BCUT2D eigenvalue weighted by molar-refractivity contribution is -0.394. The second kappa shape index (κ2) is 24.2. The summed E-state index contributed by atoms with van der Waals surface area (Å²) in [6, 6.07) is 34.1. The zero-order valence-electron chi connectivity index (χ0n) is 77.5. The molecule has 23 nitrogen and oxygen atoms in total. The van der Waals surface area contributed by atoms with Crippen molar-refractivity contribution in [3.05, 3.63) is 271 Å². The van der Waals surface area contributed by atoms with Crippen molar-refractivity contribution in [2.75, 3.05) is 7.11 Å². The van der Waals surface area contributed by atoms with E-state index in [4.69, 9.17) is 11.3 Å². The van der Waals surface area contributed by atoms with Crippen molar-refractivity contribution >= 4 is 165 Å². The minimum Gasteiger partial charge on any atom is -0.469 e. The van der Waals surface area contributed by atoms with Crippen LogP contribution >= 0.6 is 0 Å². The van der Waals surface area contributed by atoms with E-state index < -0.39 is 63.8 Å². The Labute approximate surface area is 812 Å². The van der Waals surface area contributed by atoms with E-state index >= 15 is 0 Å². The van der Waals surface area contributed by atoms with Gasteiger partial charge in [0.1, 0.15) is 0 Å². The Morgan fingerprint density at radius 1 is 0.392 bits per heavy atom. The normalized spacial score (nSPS) is 37.6. The largest absolute Gasteiger partial charge is 0.469 e. The number of hydrogen-bond acceptors (Lipinski definition) is 16.